The summed E-state index contributed by atoms with van der Waals surface area (Å²) in [5.41, 5.74) is 3.67. The molecule has 0 atom stereocenters. The number of nitrogens with one attached hydrogen (secondary N) is 2. The van der Waals surface area contributed by atoms with Crippen molar-refractivity contribution in [2.75, 3.05) is 40.1 Å². The largest absolute Gasteiger partial charge is 0.493 e. The molecule has 0 unspecified atom stereocenters. The molecule has 0 aliphatic carbocycles. The summed E-state index contributed by atoms with van der Waals surface area (Å²) in [6.45, 7) is 44.6. The Bertz CT molecular complexity index is 1500. The lowest BCUT2D eigenvalue weighted by Crippen LogP contribution is -2.65. The van der Waals surface area contributed by atoms with Crippen molar-refractivity contribution in [3.63, 3.8) is 0 Å². The predicted octanol–water partition coefficient (Wildman–Crippen LogP) is 17.1. The number of hydrogen-bond donors (Lipinski definition) is 3. The van der Waals surface area contributed by atoms with E-state index >= 15 is 0 Å². The Morgan fingerprint density at radius 3 is 1.09 bits per heavy atom. The average Bonchev–Trinajstić information content (AvgIpc) is 3.31. The van der Waals surface area contributed by atoms with Crippen molar-refractivity contribution in [1.82, 2.24) is 10.6 Å². The normalized spacial score (nSPS) is 13.1. The van der Waals surface area contributed by atoms with Crippen molar-refractivity contribution >= 4 is 36.8 Å². The summed E-state index contributed by atoms with van der Waals surface area (Å²) in [5, 5.41) is 16.3. The SMILES string of the molecule is CNC(=O)CCCCCCCCCCOc1cc(OCCCCCCCCCCC(=O)NC(CO[Si](C(C)C)(C(C)C)C(C)C)(CO[Si](C(C)C)(C(C)C)C(C)C)CO[Si](C(C)C)(C(C)C)C(C)C)ccc1CO. The van der Waals surface area contributed by atoms with Gasteiger partial charge in [-0.25, -0.2) is 0 Å². The maximum atomic E-state index is 14.5. The number of carbonyl (C=O) groups is 2. The summed E-state index contributed by atoms with van der Waals surface area (Å²) >= 11 is 0. The van der Waals surface area contributed by atoms with Crippen LogP contribution < -0.4 is 20.1 Å². The van der Waals surface area contributed by atoms with Gasteiger partial charge in [0, 0.05) is 31.5 Å². The maximum Gasteiger partial charge on any atom is 0.220 e. The fraction of sp³-hybridized carbons (Fsp3) is 0.869. The maximum absolute atomic E-state index is 14.5. The number of rotatable bonds is 44. The number of hydrogen-bond acceptors (Lipinski definition) is 8. The van der Waals surface area contributed by atoms with E-state index < -0.39 is 30.5 Å². The van der Waals surface area contributed by atoms with Crippen LogP contribution in [0, 0.1) is 0 Å². The number of ether oxygens (including phenoxy) is 2. The molecule has 1 rings (SSSR count). The van der Waals surface area contributed by atoms with Crippen LogP contribution in [0.2, 0.25) is 49.9 Å². The van der Waals surface area contributed by atoms with Crippen LogP contribution >= 0.6 is 0 Å². The van der Waals surface area contributed by atoms with E-state index in [0.29, 0.717) is 101 Å². The number of aliphatic hydroxyl groups is 1. The Kier molecular flexibility index (Phi) is 34.6. The van der Waals surface area contributed by atoms with E-state index in [1.165, 1.54) is 32.1 Å². The molecule has 0 radical (unpaired) electrons. The molecular weight excluding hydrogens is 973 g/mol. The Hall–Kier alpha value is -1.75. The molecule has 10 nitrogen and oxygen atoms in total. The van der Waals surface area contributed by atoms with E-state index in [-0.39, 0.29) is 18.4 Å². The van der Waals surface area contributed by atoms with Crippen molar-refractivity contribution in [2.24, 2.45) is 0 Å². The molecule has 2 amide bonds. The fourth-order valence-corrected chi connectivity index (χ4v) is 29.7. The zero-order chi connectivity index (χ0) is 56.1. The van der Waals surface area contributed by atoms with Crippen LogP contribution in [0.1, 0.15) is 246 Å². The van der Waals surface area contributed by atoms with Gasteiger partial charge >= 0.3 is 0 Å². The summed E-state index contributed by atoms with van der Waals surface area (Å²) in [6, 6.07) is 5.76. The van der Waals surface area contributed by atoms with Gasteiger partial charge in [-0.1, -0.05) is 202 Å². The lowest BCUT2D eigenvalue weighted by atomic mass is 10.0. The van der Waals surface area contributed by atoms with Crippen molar-refractivity contribution in [3.05, 3.63) is 23.8 Å². The molecule has 0 aliphatic heterocycles. The molecule has 0 saturated carbocycles. The summed E-state index contributed by atoms with van der Waals surface area (Å²) in [6.07, 6.45) is 18.7. The van der Waals surface area contributed by atoms with E-state index in [2.05, 4.69) is 135 Å². The minimum atomic E-state index is -2.32. The second-order valence-electron chi connectivity index (χ2n) is 25.1. The third kappa shape index (κ3) is 22.2. The van der Waals surface area contributed by atoms with Crippen LogP contribution in [0.15, 0.2) is 18.2 Å². The highest BCUT2D eigenvalue weighted by atomic mass is 28.4. The molecule has 1 aromatic rings. The van der Waals surface area contributed by atoms with Gasteiger partial charge in [-0.2, -0.15) is 0 Å². The van der Waals surface area contributed by atoms with Crippen molar-refractivity contribution in [3.8, 4) is 11.5 Å². The number of unbranched alkanes of at least 4 members (excludes halogenated alkanes) is 14. The van der Waals surface area contributed by atoms with Gasteiger partial charge in [-0.05, 0) is 87.7 Å². The molecular formula is C61H120N2O8Si3. The van der Waals surface area contributed by atoms with Crippen LogP contribution in [0.25, 0.3) is 0 Å². The van der Waals surface area contributed by atoms with Gasteiger partial charge in [0.15, 0.2) is 25.0 Å². The van der Waals surface area contributed by atoms with E-state index in [4.69, 9.17) is 22.8 Å². The number of aliphatic hydroxyl groups excluding tert-OH is 1. The highest BCUT2D eigenvalue weighted by Gasteiger charge is 2.52. The zero-order valence-corrected chi connectivity index (χ0v) is 54.7. The Balaban J connectivity index is 2.93. The fourth-order valence-electron chi connectivity index (χ4n) is 13.2. The van der Waals surface area contributed by atoms with Gasteiger partial charge in [-0.15, -0.1) is 0 Å². The molecule has 1 aromatic carbocycles. The number of carbonyl (C=O) groups excluding carboxylic acids is 2. The molecule has 0 aromatic heterocycles. The Morgan fingerprint density at radius 1 is 0.459 bits per heavy atom. The van der Waals surface area contributed by atoms with Gasteiger partial charge in [-0.3, -0.25) is 9.59 Å². The summed E-state index contributed by atoms with van der Waals surface area (Å²) in [7, 11) is -5.28. The van der Waals surface area contributed by atoms with Gasteiger partial charge in [0.25, 0.3) is 0 Å². The molecule has 0 fully saturated rings. The third-order valence-electron chi connectivity index (χ3n) is 16.9. The molecule has 0 heterocycles. The van der Waals surface area contributed by atoms with Crippen LogP contribution in [0.4, 0.5) is 0 Å². The van der Waals surface area contributed by atoms with Crippen LogP contribution in [0.5, 0.6) is 11.5 Å². The lowest BCUT2D eigenvalue weighted by Gasteiger charge is -2.50. The highest BCUT2D eigenvalue weighted by molar-refractivity contribution is 6.78. The smallest absolute Gasteiger partial charge is 0.220 e. The van der Waals surface area contributed by atoms with Crippen LogP contribution in [-0.4, -0.2) is 87.5 Å². The molecule has 0 bridgehead atoms. The molecule has 0 spiro atoms. The quantitative estimate of drug-likeness (QED) is 0.0436. The summed E-state index contributed by atoms with van der Waals surface area (Å²) in [4.78, 5) is 25.8. The van der Waals surface area contributed by atoms with E-state index in [1.807, 2.05) is 18.2 Å². The second-order valence-corrected chi connectivity index (χ2v) is 41.5. The lowest BCUT2D eigenvalue weighted by molar-refractivity contribution is -0.125. The highest BCUT2D eigenvalue weighted by Crippen LogP contribution is 2.46. The molecule has 74 heavy (non-hydrogen) atoms. The monoisotopic (exact) mass is 1090 g/mol. The van der Waals surface area contributed by atoms with Gasteiger partial charge in [0.05, 0.1) is 39.6 Å². The first-order valence-electron chi connectivity index (χ1n) is 30.3. The van der Waals surface area contributed by atoms with E-state index in [0.717, 1.165) is 81.9 Å². The standard InChI is InChI=1S/C61H120N2O8Si3/c1-47(2)72(48(3)4,49(5)6)69-44-61(45-70-73(50(7)8,51(9)10)52(11)12,46-71-74(53(13)14,54(15)16)55(17)18)63-60(66)37-33-29-25-21-22-26-30-34-40-67-57-39-38-56(43-64)58(42-57)68-41-35-31-27-23-20-24-28-32-36-59(65)62-19/h38-39,42,47-55,64H,20-37,40-41,43-46H2,1-19H3,(H,62,65)(H,63,66). The molecule has 0 aliphatic rings. The first-order valence-corrected chi connectivity index (χ1v) is 36.7. The molecule has 434 valence electrons. The van der Waals surface area contributed by atoms with Crippen LogP contribution in [0.3, 0.4) is 0 Å². The molecule has 0 saturated heterocycles. The van der Waals surface area contributed by atoms with Gasteiger partial charge < -0.3 is 38.5 Å². The average molecular weight is 1090 g/mol. The minimum absolute atomic E-state index is 0.0597. The van der Waals surface area contributed by atoms with Crippen molar-refractivity contribution in [2.45, 2.75) is 302 Å². The Morgan fingerprint density at radius 2 is 0.770 bits per heavy atom. The van der Waals surface area contributed by atoms with E-state index in [1.54, 1.807) is 7.05 Å². The Labute approximate surface area is 460 Å². The second kappa shape index (κ2) is 36.4. The molecule has 3 N–H and O–H groups in total. The predicted molar refractivity (Wildman–Crippen MR) is 322 cm³/mol. The summed E-state index contributed by atoms with van der Waals surface area (Å²) < 4.78 is 34.8. The summed E-state index contributed by atoms with van der Waals surface area (Å²) in [5.74, 6) is 1.71. The number of benzene rings is 1. The third-order valence-corrected chi connectivity index (χ3v) is 35.1. The zero-order valence-electron chi connectivity index (χ0n) is 51.7. The molecule has 13 heteroatoms. The van der Waals surface area contributed by atoms with Crippen molar-refractivity contribution < 1.29 is 37.4 Å². The van der Waals surface area contributed by atoms with E-state index in [9.17, 15) is 14.7 Å². The first kappa shape index (κ1) is 70.3. The first-order chi connectivity index (χ1) is 34.9. The van der Waals surface area contributed by atoms with Gasteiger partial charge in [0.2, 0.25) is 11.8 Å². The van der Waals surface area contributed by atoms with Crippen LogP contribution in [-0.2, 0) is 29.5 Å². The van der Waals surface area contributed by atoms with Gasteiger partial charge in [0.1, 0.15) is 17.0 Å². The number of amides is 2. The minimum Gasteiger partial charge on any atom is -0.493 e. The topological polar surface area (TPSA) is 125 Å². The van der Waals surface area contributed by atoms with Crippen molar-refractivity contribution in [1.29, 1.82) is 0 Å².